The molecule has 0 saturated carbocycles. The summed E-state index contributed by atoms with van der Waals surface area (Å²) in [4.78, 5) is 22.6. The van der Waals surface area contributed by atoms with Crippen LogP contribution in [0.15, 0.2) is 54.6 Å². The molecular weight excluding hydrogens is 280 g/mol. The monoisotopic (exact) mass is 298 g/mol. The van der Waals surface area contributed by atoms with Crippen molar-refractivity contribution in [3.8, 4) is 11.5 Å². The second-order valence-corrected chi connectivity index (χ2v) is 4.68. The molecule has 0 aromatic heterocycles. The lowest BCUT2D eigenvalue weighted by Gasteiger charge is -2.08. The zero-order valence-electron chi connectivity index (χ0n) is 12.3. The van der Waals surface area contributed by atoms with Crippen molar-refractivity contribution in [1.82, 2.24) is 10.6 Å². The Kier molecular flexibility index (Phi) is 5.54. The Morgan fingerprint density at radius 3 is 2.09 bits per heavy atom. The quantitative estimate of drug-likeness (QED) is 0.804. The SMILES string of the molecule is CC(=O)NCCNC(=O)c1ccc(Oc2ccccc2)cc1. The van der Waals surface area contributed by atoms with Gasteiger partial charge in [-0.1, -0.05) is 18.2 Å². The molecule has 0 aliphatic carbocycles. The minimum Gasteiger partial charge on any atom is -0.457 e. The van der Waals surface area contributed by atoms with Gasteiger partial charge < -0.3 is 15.4 Å². The first-order valence-corrected chi connectivity index (χ1v) is 7.01. The summed E-state index contributed by atoms with van der Waals surface area (Å²) in [7, 11) is 0. The molecule has 5 nitrogen and oxygen atoms in total. The fraction of sp³-hybridized carbons (Fsp3) is 0.176. The average Bonchev–Trinajstić information content (AvgIpc) is 2.53. The van der Waals surface area contributed by atoms with Gasteiger partial charge in [0.2, 0.25) is 5.91 Å². The summed E-state index contributed by atoms with van der Waals surface area (Å²) < 4.78 is 5.66. The van der Waals surface area contributed by atoms with E-state index in [1.54, 1.807) is 24.3 Å². The number of amides is 2. The van der Waals surface area contributed by atoms with Crippen LogP contribution in [0.3, 0.4) is 0 Å². The number of nitrogens with one attached hydrogen (secondary N) is 2. The summed E-state index contributed by atoms with van der Waals surface area (Å²) >= 11 is 0. The molecule has 114 valence electrons. The topological polar surface area (TPSA) is 67.4 Å². The molecule has 2 aromatic carbocycles. The maximum atomic E-state index is 11.9. The predicted octanol–water partition coefficient (Wildman–Crippen LogP) is 2.34. The molecule has 0 aliphatic rings. The number of para-hydroxylation sites is 1. The van der Waals surface area contributed by atoms with Crippen LogP contribution < -0.4 is 15.4 Å². The molecule has 0 radical (unpaired) electrons. The molecule has 0 heterocycles. The van der Waals surface area contributed by atoms with Crippen molar-refractivity contribution < 1.29 is 14.3 Å². The van der Waals surface area contributed by atoms with Crippen LogP contribution in [0.2, 0.25) is 0 Å². The fourth-order valence-corrected chi connectivity index (χ4v) is 1.82. The van der Waals surface area contributed by atoms with Crippen molar-refractivity contribution in [1.29, 1.82) is 0 Å². The highest BCUT2D eigenvalue weighted by atomic mass is 16.5. The highest BCUT2D eigenvalue weighted by Gasteiger charge is 2.05. The van der Waals surface area contributed by atoms with Crippen molar-refractivity contribution in [2.24, 2.45) is 0 Å². The molecule has 0 fully saturated rings. The molecule has 0 spiro atoms. The lowest BCUT2D eigenvalue weighted by molar-refractivity contribution is -0.118. The second kappa shape index (κ2) is 7.83. The third-order valence-electron chi connectivity index (χ3n) is 2.88. The van der Waals surface area contributed by atoms with Gasteiger partial charge in [0.1, 0.15) is 11.5 Å². The number of carbonyl (C=O) groups excluding carboxylic acids is 2. The van der Waals surface area contributed by atoms with Crippen LogP contribution >= 0.6 is 0 Å². The summed E-state index contributed by atoms with van der Waals surface area (Å²) in [5, 5.41) is 5.34. The van der Waals surface area contributed by atoms with Crippen LogP contribution in [0.25, 0.3) is 0 Å². The second-order valence-electron chi connectivity index (χ2n) is 4.68. The summed E-state index contributed by atoms with van der Waals surface area (Å²) in [5.41, 5.74) is 0.545. The zero-order chi connectivity index (χ0) is 15.8. The third kappa shape index (κ3) is 4.94. The van der Waals surface area contributed by atoms with Crippen molar-refractivity contribution in [2.75, 3.05) is 13.1 Å². The van der Waals surface area contributed by atoms with Crippen molar-refractivity contribution >= 4 is 11.8 Å². The molecule has 2 aromatic rings. The van der Waals surface area contributed by atoms with E-state index in [1.807, 2.05) is 30.3 Å². The number of hydrogen-bond acceptors (Lipinski definition) is 3. The van der Waals surface area contributed by atoms with Crippen LogP contribution in [0.5, 0.6) is 11.5 Å². The van der Waals surface area contributed by atoms with Gasteiger partial charge in [-0.3, -0.25) is 9.59 Å². The lowest BCUT2D eigenvalue weighted by atomic mass is 10.2. The molecule has 0 bridgehead atoms. The van der Waals surface area contributed by atoms with E-state index >= 15 is 0 Å². The molecule has 0 aliphatic heterocycles. The molecule has 0 unspecified atom stereocenters. The van der Waals surface area contributed by atoms with Gasteiger partial charge in [-0.2, -0.15) is 0 Å². The van der Waals surface area contributed by atoms with Gasteiger partial charge in [-0.15, -0.1) is 0 Å². The Morgan fingerprint density at radius 2 is 1.45 bits per heavy atom. The maximum Gasteiger partial charge on any atom is 0.251 e. The van der Waals surface area contributed by atoms with Crippen LogP contribution in [0.4, 0.5) is 0 Å². The number of rotatable bonds is 6. The average molecular weight is 298 g/mol. The van der Waals surface area contributed by atoms with E-state index in [0.717, 1.165) is 5.75 Å². The van der Waals surface area contributed by atoms with Gasteiger partial charge in [-0.25, -0.2) is 0 Å². The van der Waals surface area contributed by atoms with Crippen LogP contribution in [-0.2, 0) is 4.79 Å². The highest BCUT2D eigenvalue weighted by Crippen LogP contribution is 2.20. The molecule has 0 atom stereocenters. The number of benzene rings is 2. The summed E-state index contributed by atoms with van der Waals surface area (Å²) in [6.07, 6.45) is 0. The minimum absolute atomic E-state index is 0.114. The molecule has 22 heavy (non-hydrogen) atoms. The van der Waals surface area contributed by atoms with Crippen molar-refractivity contribution in [3.63, 3.8) is 0 Å². The van der Waals surface area contributed by atoms with Gasteiger partial charge in [0.25, 0.3) is 5.91 Å². The first kappa shape index (κ1) is 15.6. The zero-order valence-corrected chi connectivity index (χ0v) is 12.3. The van der Waals surface area contributed by atoms with E-state index in [4.69, 9.17) is 4.74 Å². The van der Waals surface area contributed by atoms with Crippen molar-refractivity contribution in [2.45, 2.75) is 6.92 Å². The van der Waals surface area contributed by atoms with Crippen LogP contribution in [-0.4, -0.2) is 24.9 Å². The maximum absolute atomic E-state index is 11.9. The Balaban J connectivity index is 1.85. The number of ether oxygens (including phenoxy) is 1. The smallest absolute Gasteiger partial charge is 0.251 e. The Morgan fingerprint density at radius 1 is 0.864 bits per heavy atom. The molecule has 2 amide bonds. The van der Waals surface area contributed by atoms with E-state index in [2.05, 4.69) is 10.6 Å². The van der Waals surface area contributed by atoms with Gasteiger partial charge in [-0.05, 0) is 36.4 Å². The fourth-order valence-electron chi connectivity index (χ4n) is 1.82. The Hall–Kier alpha value is -2.82. The largest absolute Gasteiger partial charge is 0.457 e. The molecule has 2 N–H and O–H groups in total. The van der Waals surface area contributed by atoms with E-state index in [0.29, 0.717) is 24.4 Å². The summed E-state index contributed by atoms with van der Waals surface area (Å²) in [5.74, 6) is 1.12. The Bertz CT molecular complexity index is 624. The number of carbonyl (C=O) groups is 2. The van der Waals surface area contributed by atoms with Crippen LogP contribution in [0.1, 0.15) is 17.3 Å². The van der Waals surface area contributed by atoms with Gasteiger partial charge in [0.15, 0.2) is 0 Å². The summed E-state index contributed by atoms with van der Waals surface area (Å²) in [6.45, 7) is 2.24. The van der Waals surface area contributed by atoms with E-state index in [9.17, 15) is 9.59 Å². The first-order valence-electron chi connectivity index (χ1n) is 7.01. The number of hydrogen-bond donors (Lipinski definition) is 2. The van der Waals surface area contributed by atoms with E-state index in [-0.39, 0.29) is 11.8 Å². The molecule has 0 saturated heterocycles. The van der Waals surface area contributed by atoms with Crippen LogP contribution in [0, 0.1) is 0 Å². The van der Waals surface area contributed by atoms with Gasteiger partial charge in [0, 0.05) is 25.6 Å². The van der Waals surface area contributed by atoms with E-state index < -0.39 is 0 Å². The third-order valence-corrected chi connectivity index (χ3v) is 2.88. The molecular formula is C17H18N2O3. The minimum atomic E-state index is -0.184. The lowest BCUT2D eigenvalue weighted by Crippen LogP contribution is -2.33. The Labute approximate surface area is 129 Å². The van der Waals surface area contributed by atoms with Gasteiger partial charge >= 0.3 is 0 Å². The highest BCUT2D eigenvalue weighted by molar-refractivity contribution is 5.94. The first-order chi connectivity index (χ1) is 10.6. The normalized spacial score (nSPS) is 9.86. The molecule has 2 rings (SSSR count). The molecule has 5 heteroatoms. The summed E-state index contributed by atoms with van der Waals surface area (Å²) in [6, 6.07) is 16.3. The standard InChI is InChI=1S/C17H18N2O3/c1-13(20)18-11-12-19-17(21)14-7-9-16(10-8-14)22-15-5-3-2-4-6-15/h2-10H,11-12H2,1H3,(H,18,20)(H,19,21). The van der Waals surface area contributed by atoms with Crippen molar-refractivity contribution in [3.05, 3.63) is 60.2 Å². The van der Waals surface area contributed by atoms with E-state index in [1.165, 1.54) is 6.92 Å². The van der Waals surface area contributed by atoms with Gasteiger partial charge in [0.05, 0.1) is 0 Å². The predicted molar refractivity (Wildman–Crippen MR) is 84.0 cm³/mol.